The van der Waals surface area contributed by atoms with Gasteiger partial charge in [0.15, 0.2) is 5.13 Å². The van der Waals surface area contributed by atoms with Gasteiger partial charge in [0.05, 0.1) is 6.61 Å². The maximum Gasteiger partial charge on any atom is 0.227 e. The fourth-order valence-corrected chi connectivity index (χ4v) is 3.53. The topological polar surface area (TPSA) is 54.5 Å². The minimum Gasteiger partial charge on any atom is -0.493 e. The summed E-state index contributed by atoms with van der Waals surface area (Å²) in [6.07, 6.45) is 4.31. The molecule has 1 atom stereocenters. The molecule has 1 aromatic heterocycles. The molecule has 1 fully saturated rings. The Morgan fingerprint density at radius 3 is 3.20 bits per heavy atom. The standard InChI is InChI=1S/C18H22FN3O2S/c19-15-4-1-5-16(11-15)24-13-14-3-2-8-22(12-14)9-6-17(23)21-18-20-7-10-25-18/h1,4-5,7,10-11,14H,2-3,6,8-9,12-13H2,(H,20,21,23). The molecule has 1 aliphatic heterocycles. The van der Waals surface area contributed by atoms with E-state index in [0.29, 0.717) is 29.8 Å². The van der Waals surface area contributed by atoms with Gasteiger partial charge in [-0.1, -0.05) is 6.07 Å². The van der Waals surface area contributed by atoms with Crippen molar-refractivity contribution >= 4 is 22.4 Å². The van der Waals surface area contributed by atoms with E-state index in [1.165, 1.54) is 23.5 Å². The Balaban J connectivity index is 1.39. The summed E-state index contributed by atoms with van der Waals surface area (Å²) in [5.74, 6) is 0.682. The van der Waals surface area contributed by atoms with Crippen molar-refractivity contribution in [3.05, 3.63) is 41.7 Å². The van der Waals surface area contributed by atoms with E-state index in [1.54, 1.807) is 18.3 Å². The van der Waals surface area contributed by atoms with Crippen LogP contribution in [0.2, 0.25) is 0 Å². The first-order valence-corrected chi connectivity index (χ1v) is 9.37. The summed E-state index contributed by atoms with van der Waals surface area (Å²) in [7, 11) is 0. The molecular weight excluding hydrogens is 341 g/mol. The maximum absolute atomic E-state index is 13.2. The average molecular weight is 363 g/mol. The number of halogens is 1. The lowest BCUT2D eigenvalue weighted by Gasteiger charge is -2.32. The van der Waals surface area contributed by atoms with Crippen LogP contribution < -0.4 is 10.1 Å². The van der Waals surface area contributed by atoms with Crippen molar-refractivity contribution in [3.8, 4) is 5.75 Å². The van der Waals surface area contributed by atoms with Crippen molar-refractivity contribution in [1.29, 1.82) is 0 Å². The highest BCUT2D eigenvalue weighted by Gasteiger charge is 2.21. The molecule has 1 aromatic carbocycles. The fraction of sp³-hybridized carbons (Fsp3) is 0.444. The zero-order chi connectivity index (χ0) is 17.5. The SMILES string of the molecule is O=C(CCN1CCCC(COc2cccc(F)c2)C1)Nc1nccs1. The van der Waals surface area contributed by atoms with E-state index in [9.17, 15) is 9.18 Å². The van der Waals surface area contributed by atoms with Crippen LogP contribution in [0.1, 0.15) is 19.3 Å². The van der Waals surface area contributed by atoms with Crippen molar-refractivity contribution < 1.29 is 13.9 Å². The molecule has 1 unspecified atom stereocenters. The van der Waals surface area contributed by atoms with Crippen LogP contribution in [0.5, 0.6) is 5.75 Å². The Labute approximate surface area is 150 Å². The lowest BCUT2D eigenvalue weighted by Crippen LogP contribution is -2.39. The number of benzene rings is 1. The summed E-state index contributed by atoms with van der Waals surface area (Å²) < 4.78 is 18.9. The molecule has 0 aliphatic carbocycles. The number of nitrogens with one attached hydrogen (secondary N) is 1. The Morgan fingerprint density at radius 2 is 2.40 bits per heavy atom. The summed E-state index contributed by atoms with van der Waals surface area (Å²) in [5.41, 5.74) is 0. The lowest BCUT2D eigenvalue weighted by atomic mass is 9.99. The summed E-state index contributed by atoms with van der Waals surface area (Å²) in [4.78, 5) is 18.3. The number of hydrogen-bond acceptors (Lipinski definition) is 5. The number of hydrogen-bond donors (Lipinski definition) is 1. The smallest absolute Gasteiger partial charge is 0.227 e. The predicted octanol–water partition coefficient (Wildman–Crippen LogP) is 3.40. The van der Waals surface area contributed by atoms with Crippen LogP contribution in [0.25, 0.3) is 0 Å². The zero-order valence-electron chi connectivity index (χ0n) is 14.0. The van der Waals surface area contributed by atoms with Gasteiger partial charge in [-0.05, 0) is 31.5 Å². The van der Waals surface area contributed by atoms with E-state index in [2.05, 4.69) is 15.2 Å². The molecule has 1 saturated heterocycles. The quantitative estimate of drug-likeness (QED) is 0.819. The van der Waals surface area contributed by atoms with Gasteiger partial charge in [0.2, 0.25) is 5.91 Å². The molecule has 25 heavy (non-hydrogen) atoms. The van der Waals surface area contributed by atoms with Crippen LogP contribution in [0, 0.1) is 11.7 Å². The molecule has 7 heteroatoms. The van der Waals surface area contributed by atoms with Crippen LogP contribution >= 0.6 is 11.3 Å². The van der Waals surface area contributed by atoms with Gasteiger partial charge in [0.1, 0.15) is 11.6 Å². The second kappa shape index (κ2) is 8.92. The number of anilines is 1. The third-order valence-electron chi connectivity index (χ3n) is 4.22. The van der Waals surface area contributed by atoms with Crippen LogP contribution in [0.15, 0.2) is 35.8 Å². The van der Waals surface area contributed by atoms with Crippen molar-refractivity contribution in [2.75, 3.05) is 31.6 Å². The average Bonchev–Trinajstić information content (AvgIpc) is 3.12. The van der Waals surface area contributed by atoms with Crippen LogP contribution in [-0.2, 0) is 4.79 Å². The molecular formula is C18H22FN3O2S. The molecule has 0 saturated carbocycles. The summed E-state index contributed by atoms with van der Waals surface area (Å²) >= 11 is 1.42. The van der Waals surface area contributed by atoms with E-state index >= 15 is 0 Å². The van der Waals surface area contributed by atoms with Gasteiger partial charge in [-0.2, -0.15) is 0 Å². The fourth-order valence-electron chi connectivity index (χ4n) is 2.99. The second-order valence-corrected chi connectivity index (χ2v) is 7.11. The van der Waals surface area contributed by atoms with Gasteiger partial charge in [-0.25, -0.2) is 9.37 Å². The molecule has 134 valence electrons. The molecule has 5 nitrogen and oxygen atoms in total. The van der Waals surface area contributed by atoms with E-state index in [-0.39, 0.29) is 11.7 Å². The number of ether oxygens (including phenoxy) is 1. The Bertz CT molecular complexity index is 681. The first kappa shape index (κ1) is 17.8. The highest BCUT2D eigenvalue weighted by molar-refractivity contribution is 7.13. The number of carbonyl (C=O) groups excluding carboxylic acids is 1. The largest absolute Gasteiger partial charge is 0.493 e. The molecule has 1 N–H and O–H groups in total. The third-order valence-corrected chi connectivity index (χ3v) is 4.91. The zero-order valence-corrected chi connectivity index (χ0v) is 14.8. The Morgan fingerprint density at radius 1 is 1.48 bits per heavy atom. The van der Waals surface area contributed by atoms with E-state index in [4.69, 9.17) is 4.74 Å². The molecule has 1 aliphatic rings. The van der Waals surface area contributed by atoms with Gasteiger partial charge in [-0.3, -0.25) is 4.79 Å². The van der Waals surface area contributed by atoms with Crippen LogP contribution in [-0.4, -0.2) is 42.0 Å². The summed E-state index contributed by atoms with van der Waals surface area (Å²) in [6, 6.07) is 6.24. The van der Waals surface area contributed by atoms with Gasteiger partial charge in [0.25, 0.3) is 0 Å². The Hall–Kier alpha value is -1.99. The molecule has 2 heterocycles. The highest BCUT2D eigenvalue weighted by Crippen LogP contribution is 2.20. The summed E-state index contributed by atoms with van der Waals surface area (Å²) in [5, 5.41) is 5.29. The van der Waals surface area contributed by atoms with Crippen molar-refractivity contribution in [3.63, 3.8) is 0 Å². The second-order valence-electron chi connectivity index (χ2n) is 6.21. The third kappa shape index (κ3) is 5.79. The van der Waals surface area contributed by atoms with Crippen molar-refractivity contribution in [2.24, 2.45) is 5.92 Å². The number of carbonyl (C=O) groups is 1. The number of piperidine rings is 1. The molecule has 1 amide bonds. The lowest BCUT2D eigenvalue weighted by molar-refractivity contribution is -0.116. The molecule has 0 bridgehead atoms. The minimum atomic E-state index is -0.283. The maximum atomic E-state index is 13.2. The van der Waals surface area contributed by atoms with E-state index < -0.39 is 0 Å². The highest BCUT2D eigenvalue weighted by atomic mass is 32.1. The van der Waals surface area contributed by atoms with Gasteiger partial charge < -0.3 is 15.0 Å². The molecule has 3 rings (SSSR count). The number of likely N-dealkylation sites (tertiary alicyclic amines) is 1. The van der Waals surface area contributed by atoms with Gasteiger partial charge in [0, 0.05) is 43.1 Å². The predicted molar refractivity (Wildman–Crippen MR) is 96.4 cm³/mol. The molecule has 0 spiro atoms. The minimum absolute atomic E-state index is 0.00640. The number of aromatic nitrogens is 1. The first-order chi connectivity index (χ1) is 12.2. The number of amides is 1. The first-order valence-electron chi connectivity index (χ1n) is 8.49. The normalized spacial score (nSPS) is 18.0. The monoisotopic (exact) mass is 363 g/mol. The molecule has 0 radical (unpaired) electrons. The summed E-state index contributed by atoms with van der Waals surface area (Å²) in [6.45, 7) is 3.21. The number of nitrogens with zero attached hydrogens (tertiary/aromatic N) is 2. The van der Waals surface area contributed by atoms with Crippen LogP contribution in [0.4, 0.5) is 9.52 Å². The van der Waals surface area contributed by atoms with Crippen molar-refractivity contribution in [1.82, 2.24) is 9.88 Å². The molecule has 2 aromatic rings. The van der Waals surface area contributed by atoms with Crippen LogP contribution in [0.3, 0.4) is 0 Å². The number of rotatable bonds is 7. The Kier molecular flexibility index (Phi) is 6.36. The number of thiazole rings is 1. The van der Waals surface area contributed by atoms with Gasteiger partial charge >= 0.3 is 0 Å². The van der Waals surface area contributed by atoms with E-state index in [0.717, 1.165) is 32.5 Å². The van der Waals surface area contributed by atoms with Crippen molar-refractivity contribution in [2.45, 2.75) is 19.3 Å². The van der Waals surface area contributed by atoms with E-state index in [1.807, 2.05) is 5.38 Å². The van der Waals surface area contributed by atoms with Gasteiger partial charge in [-0.15, -0.1) is 11.3 Å².